The molecule has 1 atom stereocenters. The summed E-state index contributed by atoms with van der Waals surface area (Å²) in [5.41, 5.74) is 0. The van der Waals surface area contributed by atoms with Crippen molar-refractivity contribution in [3.05, 3.63) is 97.2 Å². The maximum atomic E-state index is 12.8. The largest absolute Gasteiger partial charge is 0.462 e. The highest BCUT2D eigenvalue weighted by molar-refractivity contribution is 5.71. The molecule has 0 amide bonds. The molecule has 6 nitrogen and oxygen atoms in total. The van der Waals surface area contributed by atoms with Gasteiger partial charge in [0, 0.05) is 19.3 Å². The normalized spacial score (nSPS) is 12.8. The van der Waals surface area contributed by atoms with Crippen LogP contribution in [0, 0.1) is 0 Å². The molecule has 0 N–H and O–H groups in total. The van der Waals surface area contributed by atoms with Crippen LogP contribution in [0.3, 0.4) is 0 Å². The smallest absolute Gasteiger partial charge is 0.306 e. The van der Waals surface area contributed by atoms with Crippen molar-refractivity contribution >= 4 is 17.9 Å². The molecule has 0 aliphatic rings. The lowest BCUT2D eigenvalue weighted by Crippen LogP contribution is -2.30. The standard InChI is InChI=1S/C64H108O6/c1-4-7-10-13-16-19-22-24-26-28-30-31-32-33-35-36-38-40-42-45-48-51-54-57-63(66)69-60-61(59-68-62(65)56-53-50-47-44-21-18-15-12-9-6-3)70-64(67)58-55-52-49-46-43-41-39-37-34-29-27-25-23-20-17-14-11-8-5-2/h8,11,17,20,22,24-25,27-28,30,34,37,41,43,49,52,61H,4-7,9-10,12-16,18-19,21,23,26,29,31-33,35-36,38-40,42,44-48,50-51,53-60H2,1-3H3/b11-8-,20-17-,24-22-,27-25-,30-28-,37-34-,43-41-,52-49-. The van der Waals surface area contributed by atoms with Gasteiger partial charge in [0.15, 0.2) is 6.10 Å². The Morgan fingerprint density at radius 3 is 0.929 bits per heavy atom. The third-order valence-electron chi connectivity index (χ3n) is 12.3. The topological polar surface area (TPSA) is 78.9 Å². The molecule has 1 unspecified atom stereocenters. The van der Waals surface area contributed by atoms with Crippen molar-refractivity contribution < 1.29 is 28.6 Å². The van der Waals surface area contributed by atoms with Crippen molar-refractivity contribution in [3.63, 3.8) is 0 Å². The zero-order valence-electron chi connectivity index (χ0n) is 45.8. The second-order valence-corrected chi connectivity index (χ2v) is 19.2. The van der Waals surface area contributed by atoms with E-state index < -0.39 is 12.1 Å². The van der Waals surface area contributed by atoms with Crippen molar-refractivity contribution in [1.29, 1.82) is 0 Å². The molecule has 0 aliphatic heterocycles. The van der Waals surface area contributed by atoms with Crippen LogP contribution in [0.5, 0.6) is 0 Å². The fraction of sp³-hybridized carbons (Fsp3) is 0.703. The number of hydrogen-bond acceptors (Lipinski definition) is 6. The summed E-state index contributed by atoms with van der Waals surface area (Å²) in [5.74, 6) is -0.992. The zero-order valence-corrected chi connectivity index (χ0v) is 45.8. The Hall–Kier alpha value is -3.67. The molecule has 0 aromatic carbocycles. The number of carbonyl (C=O) groups is 3. The van der Waals surface area contributed by atoms with Gasteiger partial charge in [-0.05, 0) is 89.9 Å². The molecule has 0 aliphatic carbocycles. The van der Waals surface area contributed by atoms with E-state index in [1.165, 1.54) is 141 Å². The fourth-order valence-electron chi connectivity index (χ4n) is 7.97. The summed E-state index contributed by atoms with van der Waals surface area (Å²) in [6.07, 6.45) is 77.1. The highest BCUT2D eigenvalue weighted by Crippen LogP contribution is 2.15. The predicted octanol–water partition coefficient (Wildman–Crippen LogP) is 19.7. The lowest BCUT2D eigenvalue weighted by atomic mass is 10.0. The van der Waals surface area contributed by atoms with Gasteiger partial charge in [0.25, 0.3) is 0 Å². The summed E-state index contributed by atoms with van der Waals surface area (Å²) in [5, 5.41) is 0. The molecule has 0 aromatic rings. The summed E-state index contributed by atoms with van der Waals surface area (Å²) >= 11 is 0. The number of ether oxygens (including phenoxy) is 3. The van der Waals surface area contributed by atoms with Crippen LogP contribution in [0.4, 0.5) is 0 Å². The molecule has 0 saturated carbocycles. The molecule has 0 aromatic heterocycles. The quantitative estimate of drug-likeness (QED) is 0.0262. The van der Waals surface area contributed by atoms with Gasteiger partial charge >= 0.3 is 17.9 Å². The second-order valence-electron chi connectivity index (χ2n) is 19.2. The molecule has 70 heavy (non-hydrogen) atoms. The highest BCUT2D eigenvalue weighted by atomic mass is 16.6. The zero-order chi connectivity index (χ0) is 50.7. The molecule has 0 heterocycles. The van der Waals surface area contributed by atoms with Crippen molar-refractivity contribution in [2.75, 3.05) is 13.2 Å². The van der Waals surface area contributed by atoms with Gasteiger partial charge in [-0.2, -0.15) is 0 Å². The van der Waals surface area contributed by atoms with Gasteiger partial charge < -0.3 is 14.2 Å². The van der Waals surface area contributed by atoms with Crippen LogP contribution >= 0.6 is 0 Å². The van der Waals surface area contributed by atoms with Gasteiger partial charge in [-0.3, -0.25) is 14.4 Å². The van der Waals surface area contributed by atoms with Crippen LogP contribution in [0.2, 0.25) is 0 Å². The lowest BCUT2D eigenvalue weighted by Gasteiger charge is -2.18. The van der Waals surface area contributed by atoms with Gasteiger partial charge in [0.2, 0.25) is 0 Å². The number of rotatable bonds is 52. The van der Waals surface area contributed by atoms with Crippen LogP contribution in [0.1, 0.15) is 271 Å². The SMILES string of the molecule is CC/C=C\C/C=C\C/C=C\C/C=C\C/C=C\C/C=C\CCC(=O)OC(COC(=O)CCCCCCCCCCCC)COC(=O)CCCCCCCCCCCCC/C=C\C/C=C\CCCCCCC. The minimum absolute atomic E-state index is 0.107. The van der Waals surface area contributed by atoms with E-state index in [2.05, 4.69) is 112 Å². The molecule has 0 radical (unpaired) electrons. The summed E-state index contributed by atoms with van der Waals surface area (Å²) in [6.45, 7) is 6.45. The molecule has 0 bridgehead atoms. The van der Waals surface area contributed by atoms with Gasteiger partial charge in [-0.15, -0.1) is 0 Å². The monoisotopic (exact) mass is 973 g/mol. The Bertz CT molecular complexity index is 1400. The van der Waals surface area contributed by atoms with E-state index in [1.807, 2.05) is 6.08 Å². The molecule has 0 fully saturated rings. The molecular weight excluding hydrogens is 865 g/mol. The first kappa shape index (κ1) is 66.3. The summed E-state index contributed by atoms with van der Waals surface area (Å²) in [7, 11) is 0. The van der Waals surface area contributed by atoms with Crippen molar-refractivity contribution in [1.82, 2.24) is 0 Å². The first-order chi connectivity index (χ1) is 34.5. The number of allylic oxidation sites excluding steroid dienone is 16. The number of carbonyl (C=O) groups excluding carboxylic acids is 3. The number of unbranched alkanes of at least 4 members (excludes halogenated alkanes) is 25. The van der Waals surface area contributed by atoms with Crippen LogP contribution in [0.15, 0.2) is 97.2 Å². The molecule has 0 spiro atoms. The van der Waals surface area contributed by atoms with Crippen molar-refractivity contribution in [2.45, 2.75) is 277 Å². The third kappa shape index (κ3) is 55.3. The van der Waals surface area contributed by atoms with Crippen LogP contribution in [-0.2, 0) is 28.6 Å². The van der Waals surface area contributed by atoms with Gasteiger partial charge in [0.1, 0.15) is 13.2 Å². The molecule has 400 valence electrons. The molecule has 6 heteroatoms. The Morgan fingerprint density at radius 1 is 0.300 bits per heavy atom. The van der Waals surface area contributed by atoms with E-state index in [9.17, 15) is 14.4 Å². The van der Waals surface area contributed by atoms with E-state index in [0.29, 0.717) is 19.3 Å². The first-order valence-corrected chi connectivity index (χ1v) is 29.2. The molecular formula is C64H108O6. The van der Waals surface area contributed by atoms with E-state index >= 15 is 0 Å². The highest BCUT2D eigenvalue weighted by Gasteiger charge is 2.19. The van der Waals surface area contributed by atoms with Crippen LogP contribution < -0.4 is 0 Å². The van der Waals surface area contributed by atoms with Crippen LogP contribution in [0.25, 0.3) is 0 Å². The van der Waals surface area contributed by atoms with E-state index in [1.54, 1.807) is 0 Å². The Morgan fingerprint density at radius 2 is 0.586 bits per heavy atom. The average Bonchev–Trinajstić information content (AvgIpc) is 3.36. The maximum Gasteiger partial charge on any atom is 0.306 e. The van der Waals surface area contributed by atoms with Gasteiger partial charge in [-0.1, -0.05) is 259 Å². The minimum Gasteiger partial charge on any atom is -0.462 e. The van der Waals surface area contributed by atoms with E-state index in [0.717, 1.165) is 83.5 Å². The molecule has 0 rings (SSSR count). The maximum absolute atomic E-state index is 12.8. The Kier molecular flexibility index (Phi) is 54.9. The van der Waals surface area contributed by atoms with Gasteiger partial charge in [0.05, 0.1) is 0 Å². The second kappa shape index (κ2) is 57.9. The Balaban J connectivity index is 4.38. The first-order valence-electron chi connectivity index (χ1n) is 29.2. The summed E-state index contributed by atoms with van der Waals surface area (Å²) in [6, 6.07) is 0. The van der Waals surface area contributed by atoms with E-state index in [-0.39, 0.29) is 31.6 Å². The van der Waals surface area contributed by atoms with Crippen LogP contribution in [-0.4, -0.2) is 37.2 Å². The lowest BCUT2D eigenvalue weighted by molar-refractivity contribution is -0.166. The summed E-state index contributed by atoms with van der Waals surface area (Å²) < 4.78 is 16.8. The molecule has 0 saturated heterocycles. The number of hydrogen-bond donors (Lipinski definition) is 0. The summed E-state index contributed by atoms with van der Waals surface area (Å²) in [4.78, 5) is 38.1. The average molecular weight is 974 g/mol. The minimum atomic E-state index is -0.817. The predicted molar refractivity (Wildman–Crippen MR) is 302 cm³/mol. The van der Waals surface area contributed by atoms with Crippen molar-refractivity contribution in [2.24, 2.45) is 0 Å². The fourth-order valence-corrected chi connectivity index (χ4v) is 7.97. The number of esters is 3. The Labute approximate surface area is 432 Å². The van der Waals surface area contributed by atoms with Crippen molar-refractivity contribution in [3.8, 4) is 0 Å². The van der Waals surface area contributed by atoms with E-state index in [4.69, 9.17) is 14.2 Å². The third-order valence-corrected chi connectivity index (χ3v) is 12.3. The van der Waals surface area contributed by atoms with Gasteiger partial charge in [-0.25, -0.2) is 0 Å².